The van der Waals surface area contributed by atoms with Crippen LogP contribution in [-0.2, 0) is 0 Å². The van der Waals surface area contributed by atoms with Crippen molar-refractivity contribution in [1.29, 1.82) is 0 Å². The lowest BCUT2D eigenvalue weighted by atomic mass is 9.98. The normalized spacial score (nSPS) is 19.9. The summed E-state index contributed by atoms with van der Waals surface area (Å²) in [4.78, 5) is 9.15. The number of hydrogen-bond donors (Lipinski definition) is 1. The highest BCUT2D eigenvalue weighted by Gasteiger charge is 2.43. The molecular formula is C31H30BrClN4OS. The number of anilines is 2. The number of nitrogens with one attached hydrogen (secondary N) is 1. The highest BCUT2D eigenvalue weighted by Crippen LogP contribution is 2.45. The highest BCUT2D eigenvalue weighted by molar-refractivity contribution is 9.10. The van der Waals surface area contributed by atoms with Crippen molar-refractivity contribution >= 4 is 56.2 Å². The van der Waals surface area contributed by atoms with Crippen LogP contribution in [-0.4, -0.2) is 23.2 Å². The zero-order valence-corrected chi connectivity index (χ0v) is 25.1. The Morgan fingerprint density at radius 1 is 1.05 bits per heavy atom. The number of benzene rings is 2. The fourth-order valence-electron chi connectivity index (χ4n) is 5.55. The first kappa shape index (κ1) is 26.4. The van der Waals surface area contributed by atoms with Crippen LogP contribution in [0.15, 0.2) is 81.8 Å². The molecule has 6 rings (SSSR count). The van der Waals surface area contributed by atoms with Crippen LogP contribution in [0.4, 0.5) is 11.4 Å². The fourth-order valence-corrected chi connectivity index (χ4v) is 6.88. The Balaban J connectivity index is 1.38. The molecule has 200 valence electrons. The van der Waals surface area contributed by atoms with E-state index in [-0.39, 0.29) is 12.1 Å². The van der Waals surface area contributed by atoms with Crippen LogP contribution in [0.25, 0.3) is 11.3 Å². The maximum Gasteiger partial charge on any atom is 0.174 e. The zero-order valence-electron chi connectivity index (χ0n) is 21.9. The van der Waals surface area contributed by atoms with Gasteiger partial charge in [-0.1, -0.05) is 46.6 Å². The smallest absolute Gasteiger partial charge is 0.174 e. The molecule has 5 nitrogen and oxygen atoms in total. The largest absolute Gasteiger partial charge is 0.459 e. The predicted octanol–water partition coefficient (Wildman–Crippen LogP) is 8.48. The Hall–Kier alpha value is -2.87. The number of aryl methyl sites for hydroxylation is 1. The van der Waals surface area contributed by atoms with Gasteiger partial charge in [-0.05, 0) is 98.1 Å². The first-order valence-electron chi connectivity index (χ1n) is 13.3. The third kappa shape index (κ3) is 5.20. The van der Waals surface area contributed by atoms with Gasteiger partial charge in [0.05, 0.1) is 22.4 Å². The molecule has 2 aromatic heterocycles. The van der Waals surface area contributed by atoms with E-state index in [1.165, 1.54) is 18.4 Å². The third-order valence-electron chi connectivity index (χ3n) is 7.74. The van der Waals surface area contributed by atoms with E-state index in [2.05, 4.69) is 80.2 Å². The molecule has 2 aliphatic heterocycles. The molecule has 0 radical (unpaired) electrons. The topological polar surface area (TPSA) is 44.5 Å². The molecule has 0 aliphatic carbocycles. The standard InChI is InChI=1S/C31H30BrClN4OS/c1-19-12-15-36(16-13-19)26-9-7-21(18-24(26)33)37-30(29(35-31(37)39)25-5-3-4-14-34-25)28-11-10-27(38-28)22-8-6-20(2)17-23(22)32/h3-11,14,17-19,29-30H,12-13,15-16H2,1-2H3,(H,35,39)/t29-,30-/m1/s1. The second-order valence-electron chi connectivity index (χ2n) is 10.5. The van der Waals surface area contributed by atoms with Crippen molar-refractivity contribution < 1.29 is 4.42 Å². The summed E-state index contributed by atoms with van der Waals surface area (Å²) in [7, 11) is 0. The van der Waals surface area contributed by atoms with E-state index >= 15 is 0 Å². The first-order valence-corrected chi connectivity index (χ1v) is 14.9. The molecule has 0 spiro atoms. The van der Waals surface area contributed by atoms with Gasteiger partial charge < -0.3 is 19.5 Å². The van der Waals surface area contributed by atoms with Crippen molar-refractivity contribution in [3.05, 3.63) is 99.4 Å². The van der Waals surface area contributed by atoms with Crippen LogP contribution in [0.5, 0.6) is 0 Å². The summed E-state index contributed by atoms with van der Waals surface area (Å²) >= 11 is 16.5. The molecule has 0 unspecified atom stereocenters. The number of halogens is 2. The van der Waals surface area contributed by atoms with Crippen LogP contribution in [0, 0.1) is 12.8 Å². The van der Waals surface area contributed by atoms with E-state index in [9.17, 15) is 0 Å². The molecule has 0 saturated carbocycles. The van der Waals surface area contributed by atoms with Gasteiger partial charge in [-0.3, -0.25) is 4.98 Å². The van der Waals surface area contributed by atoms with Gasteiger partial charge in [0.15, 0.2) is 5.11 Å². The zero-order chi connectivity index (χ0) is 27.1. The molecule has 2 aliphatic rings. The lowest BCUT2D eigenvalue weighted by Gasteiger charge is -2.33. The van der Waals surface area contributed by atoms with E-state index in [0.29, 0.717) is 5.11 Å². The third-order valence-corrected chi connectivity index (χ3v) is 9.01. The highest BCUT2D eigenvalue weighted by atomic mass is 79.9. The van der Waals surface area contributed by atoms with Crippen LogP contribution >= 0.6 is 39.7 Å². The maximum atomic E-state index is 6.91. The van der Waals surface area contributed by atoms with Gasteiger partial charge in [-0.25, -0.2) is 0 Å². The summed E-state index contributed by atoms with van der Waals surface area (Å²) in [6.45, 7) is 6.44. The molecule has 4 aromatic rings. The molecule has 0 bridgehead atoms. The molecule has 4 heterocycles. The van der Waals surface area contributed by atoms with E-state index < -0.39 is 0 Å². The molecule has 0 amide bonds. The van der Waals surface area contributed by atoms with Crippen LogP contribution in [0.2, 0.25) is 5.02 Å². The molecule has 2 atom stereocenters. The van der Waals surface area contributed by atoms with Gasteiger partial charge in [0.1, 0.15) is 17.6 Å². The van der Waals surface area contributed by atoms with Crippen molar-refractivity contribution in [3.8, 4) is 11.3 Å². The number of thiocarbonyl (C=S) groups is 1. The summed E-state index contributed by atoms with van der Waals surface area (Å²) in [6.07, 6.45) is 4.18. The fraction of sp³-hybridized carbons (Fsp3) is 0.290. The Morgan fingerprint density at radius 3 is 2.59 bits per heavy atom. The van der Waals surface area contributed by atoms with Crippen LogP contribution in [0.3, 0.4) is 0 Å². The molecule has 2 fully saturated rings. The van der Waals surface area contributed by atoms with Gasteiger partial charge in [-0.15, -0.1) is 0 Å². The summed E-state index contributed by atoms with van der Waals surface area (Å²) in [5.74, 6) is 2.35. The minimum atomic E-state index is -0.247. The number of nitrogens with zero attached hydrogens (tertiary/aromatic N) is 3. The van der Waals surface area contributed by atoms with E-state index in [1.54, 1.807) is 0 Å². The van der Waals surface area contributed by atoms with Crippen molar-refractivity contribution in [2.75, 3.05) is 22.9 Å². The minimum absolute atomic E-state index is 0.193. The number of hydrogen-bond acceptors (Lipinski definition) is 4. The Labute approximate surface area is 248 Å². The second-order valence-corrected chi connectivity index (χ2v) is 12.1. The monoisotopic (exact) mass is 620 g/mol. The number of aromatic nitrogens is 1. The number of rotatable bonds is 5. The Kier molecular flexibility index (Phi) is 7.40. The minimum Gasteiger partial charge on any atom is -0.459 e. The van der Waals surface area contributed by atoms with Crippen LogP contribution in [0.1, 0.15) is 48.9 Å². The molecule has 39 heavy (non-hydrogen) atoms. The second kappa shape index (κ2) is 11.0. The molecule has 8 heteroatoms. The van der Waals surface area contributed by atoms with Gasteiger partial charge in [0, 0.05) is 35.0 Å². The summed E-state index contributed by atoms with van der Waals surface area (Å²) in [5.41, 5.74) is 5.08. The van der Waals surface area contributed by atoms with Gasteiger partial charge in [-0.2, -0.15) is 0 Å². The van der Waals surface area contributed by atoms with Crippen molar-refractivity contribution in [1.82, 2.24) is 10.3 Å². The lowest BCUT2D eigenvalue weighted by molar-refractivity contribution is 0.438. The maximum absolute atomic E-state index is 6.91. The van der Waals surface area contributed by atoms with Gasteiger partial charge in [0.2, 0.25) is 0 Å². The summed E-state index contributed by atoms with van der Waals surface area (Å²) in [5, 5.41) is 4.85. The Morgan fingerprint density at radius 2 is 1.87 bits per heavy atom. The predicted molar refractivity (Wildman–Crippen MR) is 167 cm³/mol. The summed E-state index contributed by atoms with van der Waals surface area (Å²) in [6, 6.07) is 22.1. The number of furan rings is 1. The molecule has 1 N–H and O–H groups in total. The first-order chi connectivity index (χ1) is 18.9. The van der Waals surface area contributed by atoms with Crippen molar-refractivity contribution in [3.63, 3.8) is 0 Å². The van der Waals surface area contributed by atoms with Gasteiger partial charge in [0.25, 0.3) is 0 Å². The summed E-state index contributed by atoms with van der Waals surface area (Å²) < 4.78 is 7.54. The quantitative estimate of drug-likeness (QED) is 0.226. The number of pyridine rings is 1. The SMILES string of the molecule is Cc1ccc(-c2ccc([C@@H]3[C@@H](c4ccccn4)NC(=S)N3c3ccc(N4CCC(C)CC4)c(Cl)c3)o2)c(Br)c1. The average Bonchev–Trinajstić information content (AvgIpc) is 3.54. The van der Waals surface area contributed by atoms with Crippen molar-refractivity contribution in [2.45, 2.75) is 38.8 Å². The molecule has 2 saturated heterocycles. The lowest BCUT2D eigenvalue weighted by Crippen LogP contribution is -2.33. The van der Waals surface area contributed by atoms with Crippen LogP contribution < -0.4 is 15.1 Å². The number of piperidine rings is 1. The average molecular weight is 622 g/mol. The Bertz CT molecular complexity index is 1500. The molecule has 2 aromatic carbocycles. The van der Waals surface area contributed by atoms with E-state index in [1.807, 2.05) is 42.6 Å². The van der Waals surface area contributed by atoms with Gasteiger partial charge >= 0.3 is 0 Å². The van der Waals surface area contributed by atoms with Crippen molar-refractivity contribution in [2.24, 2.45) is 5.92 Å². The van der Waals surface area contributed by atoms with E-state index in [0.717, 1.165) is 62.7 Å². The molecular weight excluding hydrogens is 592 g/mol. The van der Waals surface area contributed by atoms with E-state index in [4.69, 9.17) is 28.2 Å².